The third-order valence-electron chi connectivity index (χ3n) is 5.97. The molecule has 5 heteroatoms. The number of carbonyl (C=O) groups is 2. The van der Waals surface area contributed by atoms with Crippen LogP contribution < -0.4 is 0 Å². The van der Waals surface area contributed by atoms with Gasteiger partial charge in [-0.2, -0.15) is 0 Å². The van der Waals surface area contributed by atoms with Crippen molar-refractivity contribution >= 4 is 12.1 Å². The summed E-state index contributed by atoms with van der Waals surface area (Å²) in [7, 11) is 0. The van der Waals surface area contributed by atoms with E-state index in [0.717, 1.165) is 17.5 Å². The number of benzene rings is 2. The Labute approximate surface area is 151 Å². The van der Waals surface area contributed by atoms with Gasteiger partial charge in [-0.1, -0.05) is 48.5 Å². The molecule has 1 N–H and O–H groups in total. The number of carboxylic acid groups (broad SMARTS) is 1. The SMILES string of the molecule is O=C(O)[C@@H]1[C@H]2C[C@H]2CN1C(=O)OCC1c2ccccc2-c2ccccc21. The summed E-state index contributed by atoms with van der Waals surface area (Å²) < 4.78 is 5.60. The molecule has 1 saturated carbocycles. The highest BCUT2D eigenvalue weighted by Crippen LogP contribution is 2.50. The van der Waals surface area contributed by atoms with Crippen LogP contribution in [-0.2, 0) is 9.53 Å². The monoisotopic (exact) mass is 349 g/mol. The lowest BCUT2D eigenvalue weighted by molar-refractivity contribution is -0.142. The molecule has 5 rings (SSSR count). The van der Waals surface area contributed by atoms with Gasteiger partial charge in [-0.25, -0.2) is 9.59 Å². The van der Waals surface area contributed by atoms with Gasteiger partial charge in [-0.05, 0) is 40.5 Å². The molecule has 0 aromatic heterocycles. The van der Waals surface area contributed by atoms with E-state index in [2.05, 4.69) is 24.3 Å². The van der Waals surface area contributed by atoms with Crippen LogP contribution in [0.1, 0.15) is 23.5 Å². The number of ether oxygens (including phenoxy) is 1. The molecule has 0 spiro atoms. The third-order valence-corrected chi connectivity index (χ3v) is 5.97. The van der Waals surface area contributed by atoms with E-state index < -0.39 is 18.1 Å². The van der Waals surface area contributed by atoms with E-state index in [1.807, 2.05) is 24.3 Å². The van der Waals surface area contributed by atoms with Crippen LogP contribution in [0.2, 0.25) is 0 Å². The molecule has 3 aliphatic rings. The molecule has 0 unspecified atom stereocenters. The second kappa shape index (κ2) is 5.59. The highest BCUT2D eigenvalue weighted by atomic mass is 16.6. The van der Waals surface area contributed by atoms with Crippen LogP contribution in [0.25, 0.3) is 11.1 Å². The summed E-state index contributed by atoms with van der Waals surface area (Å²) >= 11 is 0. The van der Waals surface area contributed by atoms with Crippen LogP contribution in [-0.4, -0.2) is 41.3 Å². The van der Waals surface area contributed by atoms with E-state index in [-0.39, 0.29) is 18.4 Å². The molecule has 0 radical (unpaired) electrons. The van der Waals surface area contributed by atoms with Gasteiger partial charge in [0, 0.05) is 12.5 Å². The van der Waals surface area contributed by atoms with E-state index in [1.165, 1.54) is 16.0 Å². The first-order valence-electron chi connectivity index (χ1n) is 8.99. The number of fused-ring (bicyclic) bond motifs is 4. The Balaban J connectivity index is 1.36. The molecule has 2 aliphatic carbocycles. The number of piperidine rings is 1. The zero-order valence-corrected chi connectivity index (χ0v) is 14.2. The Morgan fingerprint density at radius 1 is 1.04 bits per heavy atom. The van der Waals surface area contributed by atoms with Gasteiger partial charge < -0.3 is 9.84 Å². The predicted molar refractivity (Wildman–Crippen MR) is 94.8 cm³/mol. The Kier molecular flexibility index (Phi) is 3.32. The number of aliphatic carboxylic acids is 1. The van der Waals surface area contributed by atoms with E-state index in [0.29, 0.717) is 12.5 Å². The molecule has 2 aromatic carbocycles. The molecule has 2 aromatic rings. The quantitative estimate of drug-likeness (QED) is 0.923. The van der Waals surface area contributed by atoms with Crippen molar-refractivity contribution in [2.24, 2.45) is 11.8 Å². The third kappa shape index (κ3) is 2.23. The van der Waals surface area contributed by atoms with Crippen LogP contribution in [0.3, 0.4) is 0 Å². The summed E-state index contributed by atoms with van der Waals surface area (Å²) in [5, 5.41) is 9.42. The van der Waals surface area contributed by atoms with Crippen LogP contribution in [0.5, 0.6) is 0 Å². The molecule has 5 nitrogen and oxygen atoms in total. The number of amides is 1. The van der Waals surface area contributed by atoms with Gasteiger partial charge >= 0.3 is 12.1 Å². The second-order valence-corrected chi connectivity index (χ2v) is 7.40. The van der Waals surface area contributed by atoms with Gasteiger partial charge in [0.25, 0.3) is 0 Å². The number of likely N-dealkylation sites (tertiary alicyclic amines) is 1. The predicted octanol–water partition coefficient (Wildman–Crippen LogP) is 3.34. The highest BCUT2D eigenvalue weighted by Gasteiger charge is 2.57. The van der Waals surface area contributed by atoms with Crippen molar-refractivity contribution < 1.29 is 19.4 Å². The minimum absolute atomic E-state index is 0.00762. The maximum absolute atomic E-state index is 12.5. The summed E-state index contributed by atoms with van der Waals surface area (Å²) in [6, 6.07) is 15.6. The molecule has 26 heavy (non-hydrogen) atoms. The molecule has 1 amide bonds. The Bertz CT molecular complexity index is 863. The summed E-state index contributed by atoms with van der Waals surface area (Å²) in [6.45, 7) is 0.726. The van der Waals surface area contributed by atoms with Gasteiger partial charge in [0.1, 0.15) is 12.6 Å². The largest absolute Gasteiger partial charge is 0.480 e. The van der Waals surface area contributed by atoms with Crippen molar-refractivity contribution in [2.75, 3.05) is 13.2 Å². The Hall–Kier alpha value is -2.82. The molecule has 132 valence electrons. The lowest BCUT2D eigenvalue weighted by atomic mass is 9.98. The second-order valence-electron chi connectivity index (χ2n) is 7.40. The molecule has 1 aliphatic heterocycles. The fraction of sp³-hybridized carbons (Fsp3) is 0.333. The van der Waals surface area contributed by atoms with Crippen molar-refractivity contribution in [3.63, 3.8) is 0 Å². The minimum atomic E-state index is -0.927. The molecule has 1 heterocycles. The van der Waals surface area contributed by atoms with Crippen LogP contribution in [0.15, 0.2) is 48.5 Å². The zero-order chi connectivity index (χ0) is 17.8. The van der Waals surface area contributed by atoms with Crippen molar-refractivity contribution in [3.05, 3.63) is 59.7 Å². The van der Waals surface area contributed by atoms with E-state index in [4.69, 9.17) is 4.74 Å². The topological polar surface area (TPSA) is 66.8 Å². The van der Waals surface area contributed by atoms with Gasteiger partial charge in [-0.15, -0.1) is 0 Å². The number of hydrogen-bond donors (Lipinski definition) is 1. The maximum Gasteiger partial charge on any atom is 0.410 e. The smallest absolute Gasteiger partial charge is 0.410 e. The minimum Gasteiger partial charge on any atom is -0.480 e. The van der Waals surface area contributed by atoms with Gasteiger partial charge in [0.2, 0.25) is 0 Å². The summed E-state index contributed by atoms with van der Waals surface area (Å²) in [5.74, 6) is -0.500. The molecule has 1 saturated heterocycles. The molecule has 2 fully saturated rings. The fourth-order valence-electron chi connectivity index (χ4n) is 4.65. The maximum atomic E-state index is 12.5. The number of hydrogen-bond acceptors (Lipinski definition) is 3. The van der Waals surface area contributed by atoms with Gasteiger partial charge in [-0.3, -0.25) is 4.90 Å². The number of nitrogens with zero attached hydrogens (tertiary/aromatic N) is 1. The summed E-state index contributed by atoms with van der Waals surface area (Å²) in [5.41, 5.74) is 4.66. The highest BCUT2D eigenvalue weighted by molar-refractivity contribution is 5.82. The molecule has 0 bridgehead atoms. The number of carbonyl (C=O) groups excluding carboxylic acids is 1. The fourth-order valence-corrected chi connectivity index (χ4v) is 4.65. The van der Waals surface area contributed by atoms with Crippen molar-refractivity contribution in [3.8, 4) is 11.1 Å². The standard InChI is InChI=1S/C21H19NO4/c23-20(24)19-17-9-12(17)10-22(19)21(25)26-11-18-15-7-3-1-5-13(15)14-6-2-4-8-16(14)18/h1-8,12,17-19H,9-11H2,(H,23,24)/t12-,17-,19-/m0/s1. The van der Waals surface area contributed by atoms with E-state index in [1.54, 1.807) is 0 Å². The van der Waals surface area contributed by atoms with Crippen molar-refractivity contribution in [1.82, 2.24) is 4.90 Å². The lowest BCUT2D eigenvalue weighted by Gasteiger charge is -2.24. The van der Waals surface area contributed by atoms with E-state index in [9.17, 15) is 14.7 Å². The first kappa shape index (κ1) is 15.4. The molecular formula is C21H19NO4. The average Bonchev–Trinajstić information content (AvgIpc) is 3.19. The van der Waals surface area contributed by atoms with Crippen molar-refractivity contribution in [1.29, 1.82) is 0 Å². The van der Waals surface area contributed by atoms with E-state index >= 15 is 0 Å². The van der Waals surface area contributed by atoms with Crippen molar-refractivity contribution in [2.45, 2.75) is 18.4 Å². The molecular weight excluding hydrogens is 330 g/mol. The average molecular weight is 349 g/mol. The van der Waals surface area contributed by atoms with Crippen LogP contribution in [0, 0.1) is 11.8 Å². The Morgan fingerprint density at radius 2 is 1.65 bits per heavy atom. The normalized spacial score (nSPS) is 25.4. The zero-order valence-electron chi connectivity index (χ0n) is 14.2. The summed E-state index contributed by atoms with van der Waals surface area (Å²) in [4.78, 5) is 25.4. The lowest BCUT2D eigenvalue weighted by Crippen LogP contribution is -2.43. The van der Waals surface area contributed by atoms with Gasteiger partial charge in [0.15, 0.2) is 0 Å². The van der Waals surface area contributed by atoms with Gasteiger partial charge in [0.05, 0.1) is 0 Å². The van der Waals surface area contributed by atoms with Crippen LogP contribution in [0.4, 0.5) is 4.79 Å². The number of rotatable bonds is 3. The Morgan fingerprint density at radius 3 is 2.27 bits per heavy atom. The summed E-state index contributed by atoms with van der Waals surface area (Å²) in [6.07, 6.45) is 0.399. The first-order chi connectivity index (χ1) is 12.6. The molecule has 3 atom stereocenters. The number of carboxylic acids is 1. The first-order valence-corrected chi connectivity index (χ1v) is 8.99. The van der Waals surface area contributed by atoms with Crippen LogP contribution >= 0.6 is 0 Å².